The van der Waals surface area contributed by atoms with E-state index < -0.39 is 0 Å². The number of fused-ring (bicyclic) bond motifs is 1. The maximum atomic E-state index is 14.1. The number of aryl methyl sites for hydroxylation is 1. The molecule has 3 heteroatoms. The maximum Gasteiger partial charge on any atom is 0.132 e. The summed E-state index contributed by atoms with van der Waals surface area (Å²) in [6, 6.07) is 14.5. The quantitative estimate of drug-likeness (QED) is 0.712. The van der Waals surface area contributed by atoms with E-state index in [1.807, 2.05) is 37.3 Å². The maximum absolute atomic E-state index is 14.1. The summed E-state index contributed by atoms with van der Waals surface area (Å²) in [6.07, 6.45) is 0. The van der Waals surface area contributed by atoms with E-state index in [1.165, 1.54) is 6.07 Å². The summed E-state index contributed by atoms with van der Waals surface area (Å²) in [5.74, 6) is 0.125. The second-order valence-electron chi connectivity index (χ2n) is 4.55. The van der Waals surface area contributed by atoms with Gasteiger partial charge in [-0.2, -0.15) is 0 Å². The fourth-order valence-electron chi connectivity index (χ4n) is 2.34. The molecule has 0 amide bonds. The van der Waals surface area contributed by atoms with E-state index >= 15 is 0 Å². The first-order chi connectivity index (χ1) is 9.16. The summed E-state index contributed by atoms with van der Waals surface area (Å²) >= 11 is 0. The number of rotatable bonds is 1. The average Bonchev–Trinajstić information content (AvgIpc) is 2.38. The SMILES string of the molecule is Cc1cccc(F)c1-c1nc(N)cc2ccccc12. The van der Waals surface area contributed by atoms with E-state index in [9.17, 15) is 4.39 Å². The summed E-state index contributed by atoms with van der Waals surface area (Å²) in [6.45, 7) is 1.87. The molecule has 3 rings (SSSR count). The molecule has 0 unspecified atom stereocenters. The van der Waals surface area contributed by atoms with Crippen molar-refractivity contribution in [2.75, 3.05) is 5.73 Å². The third-order valence-electron chi connectivity index (χ3n) is 3.22. The Bertz CT molecular complexity index is 746. The van der Waals surface area contributed by atoms with E-state index in [4.69, 9.17) is 5.73 Å². The zero-order chi connectivity index (χ0) is 13.4. The molecule has 1 aromatic heterocycles. The van der Waals surface area contributed by atoms with Gasteiger partial charge in [-0.1, -0.05) is 36.4 Å². The molecule has 3 aromatic rings. The van der Waals surface area contributed by atoms with Crippen molar-refractivity contribution in [1.82, 2.24) is 4.98 Å². The zero-order valence-electron chi connectivity index (χ0n) is 10.5. The van der Waals surface area contributed by atoms with Gasteiger partial charge in [-0.05, 0) is 30.0 Å². The van der Waals surface area contributed by atoms with Crippen molar-refractivity contribution in [2.24, 2.45) is 0 Å². The molecule has 0 radical (unpaired) electrons. The van der Waals surface area contributed by atoms with Gasteiger partial charge in [0.25, 0.3) is 0 Å². The molecule has 2 nitrogen and oxygen atoms in total. The van der Waals surface area contributed by atoms with Gasteiger partial charge in [-0.15, -0.1) is 0 Å². The second-order valence-corrected chi connectivity index (χ2v) is 4.55. The van der Waals surface area contributed by atoms with Gasteiger partial charge in [-0.3, -0.25) is 0 Å². The van der Waals surface area contributed by atoms with Crippen LogP contribution in [0.25, 0.3) is 22.0 Å². The van der Waals surface area contributed by atoms with Crippen LogP contribution in [0.2, 0.25) is 0 Å². The smallest absolute Gasteiger partial charge is 0.132 e. The highest BCUT2D eigenvalue weighted by molar-refractivity contribution is 5.96. The van der Waals surface area contributed by atoms with Crippen molar-refractivity contribution in [3.8, 4) is 11.3 Å². The number of aromatic nitrogens is 1. The van der Waals surface area contributed by atoms with E-state index in [0.717, 1.165) is 16.3 Å². The third kappa shape index (κ3) is 1.93. The minimum atomic E-state index is -0.275. The van der Waals surface area contributed by atoms with Crippen molar-refractivity contribution in [3.63, 3.8) is 0 Å². The van der Waals surface area contributed by atoms with Crippen LogP contribution in [0.4, 0.5) is 10.2 Å². The molecular formula is C16H13FN2. The van der Waals surface area contributed by atoms with E-state index in [-0.39, 0.29) is 5.82 Å². The van der Waals surface area contributed by atoms with Gasteiger partial charge in [0.05, 0.1) is 5.69 Å². The van der Waals surface area contributed by atoms with Crippen molar-refractivity contribution >= 4 is 16.6 Å². The van der Waals surface area contributed by atoms with Crippen LogP contribution in [0.5, 0.6) is 0 Å². The Hall–Kier alpha value is -2.42. The Labute approximate surface area is 110 Å². The van der Waals surface area contributed by atoms with E-state index in [1.54, 1.807) is 12.1 Å². The number of benzene rings is 2. The predicted molar refractivity (Wildman–Crippen MR) is 76.3 cm³/mol. The molecule has 0 aliphatic heterocycles. The Morgan fingerprint density at radius 2 is 1.84 bits per heavy atom. The minimum Gasteiger partial charge on any atom is -0.384 e. The van der Waals surface area contributed by atoms with E-state index in [2.05, 4.69) is 4.98 Å². The van der Waals surface area contributed by atoms with Crippen molar-refractivity contribution in [3.05, 3.63) is 59.9 Å². The predicted octanol–water partition coefficient (Wildman–Crippen LogP) is 3.93. The van der Waals surface area contributed by atoms with Gasteiger partial charge in [0.1, 0.15) is 11.6 Å². The number of anilines is 1. The summed E-state index contributed by atoms with van der Waals surface area (Å²) in [4.78, 5) is 4.33. The average molecular weight is 252 g/mol. The number of nitrogen functional groups attached to an aromatic ring is 1. The topological polar surface area (TPSA) is 38.9 Å². The first kappa shape index (κ1) is 11.7. The number of hydrogen-bond donors (Lipinski definition) is 1. The van der Waals surface area contributed by atoms with Gasteiger partial charge in [-0.25, -0.2) is 9.37 Å². The highest BCUT2D eigenvalue weighted by Gasteiger charge is 2.13. The van der Waals surface area contributed by atoms with Crippen LogP contribution in [-0.4, -0.2) is 4.98 Å². The van der Waals surface area contributed by atoms with Crippen LogP contribution in [-0.2, 0) is 0 Å². The highest BCUT2D eigenvalue weighted by atomic mass is 19.1. The summed E-state index contributed by atoms with van der Waals surface area (Å²) in [7, 11) is 0. The van der Waals surface area contributed by atoms with Crippen LogP contribution in [0.1, 0.15) is 5.56 Å². The molecule has 0 aliphatic carbocycles. The van der Waals surface area contributed by atoms with Gasteiger partial charge >= 0.3 is 0 Å². The van der Waals surface area contributed by atoms with E-state index in [0.29, 0.717) is 17.1 Å². The summed E-state index contributed by atoms with van der Waals surface area (Å²) < 4.78 is 14.1. The first-order valence-electron chi connectivity index (χ1n) is 6.07. The lowest BCUT2D eigenvalue weighted by Gasteiger charge is -2.10. The first-order valence-corrected chi connectivity index (χ1v) is 6.07. The molecule has 0 atom stereocenters. The van der Waals surface area contributed by atoms with Crippen LogP contribution >= 0.6 is 0 Å². The standard InChI is InChI=1S/C16H13FN2/c1-10-5-4-8-13(17)15(10)16-12-7-3-2-6-11(12)9-14(18)19-16/h2-9H,1H3,(H2,18,19). The Morgan fingerprint density at radius 3 is 2.63 bits per heavy atom. The molecule has 0 spiro atoms. The molecule has 0 aliphatic rings. The number of nitrogens with zero attached hydrogens (tertiary/aromatic N) is 1. The summed E-state index contributed by atoms with van der Waals surface area (Å²) in [5.41, 5.74) is 7.80. The van der Waals surface area contributed by atoms with Gasteiger partial charge in [0, 0.05) is 10.9 Å². The molecular weight excluding hydrogens is 239 g/mol. The molecule has 2 N–H and O–H groups in total. The zero-order valence-corrected chi connectivity index (χ0v) is 10.5. The third-order valence-corrected chi connectivity index (χ3v) is 3.22. The Kier molecular flexibility index (Phi) is 2.67. The lowest BCUT2D eigenvalue weighted by molar-refractivity contribution is 0.630. The fourth-order valence-corrected chi connectivity index (χ4v) is 2.34. The monoisotopic (exact) mass is 252 g/mol. The molecule has 19 heavy (non-hydrogen) atoms. The second kappa shape index (κ2) is 4.35. The van der Waals surface area contributed by atoms with Crippen molar-refractivity contribution < 1.29 is 4.39 Å². The van der Waals surface area contributed by atoms with Crippen LogP contribution in [0.15, 0.2) is 48.5 Å². The number of hydrogen-bond acceptors (Lipinski definition) is 2. The van der Waals surface area contributed by atoms with Crippen molar-refractivity contribution in [1.29, 1.82) is 0 Å². The lowest BCUT2D eigenvalue weighted by atomic mass is 9.99. The Morgan fingerprint density at radius 1 is 1.05 bits per heavy atom. The minimum absolute atomic E-state index is 0.275. The molecule has 0 fully saturated rings. The van der Waals surface area contributed by atoms with Crippen LogP contribution < -0.4 is 5.73 Å². The molecule has 0 saturated carbocycles. The van der Waals surface area contributed by atoms with Crippen molar-refractivity contribution in [2.45, 2.75) is 6.92 Å². The lowest BCUT2D eigenvalue weighted by Crippen LogP contribution is -1.97. The molecule has 2 aromatic carbocycles. The molecule has 94 valence electrons. The van der Waals surface area contributed by atoms with Gasteiger partial charge < -0.3 is 5.73 Å². The van der Waals surface area contributed by atoms with Gasteiger partial charge in [0.2, 0.25) is 0 Å². The number of nitrogens with two attached hydrogens (primary N) is 1. The highest BCUT2D eigenvalue weighted by Crippen LogP contribution is 2.32. The number of pyridine rings is 1. The fraction of sp³-hybridized carbons (Fsp3) is 0.0625. The van der Waals surface area contributed by atoms with Crippen LogP contribution in [0.3, 0.4) is 0 Å². The summed E-state index contributed by atoms with van der Waals surface area (Å²) in [5, 5.41) is 1.87. The van der Waals surface area contributed by atoms with Gasteiger partial charge in [0.15, 0.2) is 0 Å². The molecule has 0 saturated heterocycles. The number of halogens is 1. The molecule has 0 bridgehead atoms. The largest absolute Gasteiger partial charge is 0.384 e. The Balaban J connectivity index is 2.43. The van der Waals surface area contributed by atoms with Crippen LogP contribution in [0, 0.1) is 12.7 Å². The molecule has 1 heterocycles. The normalized spacial score (nSPS) is 10.8.